The van der Waals surface area contributed by atoms with Crippen molar-refractivity contribution in [2.24, 2.45) is 0 Å². The molecule has 1 N–H and O–H groups in total. The number of nitrogens with zero attached hydrogens (tertiary/aromatic N) is 2. The molecule has 0 saturated heterocycles. The highest BCUT2D eigenvalue weighted by Crippen LogP contribution is 2.24. The summed E-state index contributed by atoms with van der Waals surface area (Å²) in [5.41, 5.74) is 5.09. The number of carbonyl (C=O) groups excluding carboxylic acids is 2. The van der Waals surface area contributed by atoms with Crippen molar-refractivity contribution in [2.75, 3.05) is 26.0 Å². The van der Waals surface area contributed by atoms with Gasteiger partial charge in [0.15, 0.2) is 0 Å². The molecule has 0 aliphatic rings. The van der Waals surface area contributed by atoms with Crippen molar-refractivity contribution in [1.29, 1.82) is 0 Å². The lowest BCUT2D eigenvalue weighted by atomic mass is 10.1. The maximum Gasteiger partial charge on any atom is 0.255 e. The molecule has 0 saturated carbocycles. The molecule has 0 unspecified atom stereocenters. The molecule has 1 aromatic heterocycles. The van der Waals surface area contributed by atoms with Crippen LogP contribution in [0, 0.1) is 13.8 Å². The largest absolute Gasteiger partial charge is 0.497 e. The Bertz CT molecular complexity index is 1100. The van der Waals surface area contributed by atoms with Crippen LogP contribution in [0.1, 0.15) is 34.2 Å². The number of nitrogens with one attached hydrogen (secondary N) is 1. The predicted octanol–water partition coefficient (Wildman–Crippen LogP) is 4.38. The van der Waals surface area contributed by atoms with Crippen molar-refractivity contribution in [3.8, 4) is 11.4 Å². The minimum Gasteiger partial charge on any atom is -0.497 e. The van der Waals surface area contributed by atoms with E-state index in [-0.39, 0.29) is 18.4 Å². The number of likely N-dealkylation sites (N-methyl/N-ethyl adjacent to an activating group) is 1. The Hall–Kier alpha value is -3.54. The summed E-state index contributed by atoms with van der Waals surface area (Å²) < 4.78 is 7.34. The second-order valence-corrected chi connectivity index (χ2v) is 7.54. The van der Waals surface area contributed by atoms with E-state index in [2.05, 4.69) is 5.32 Å². The number of benzene rings is 2. The van der Waals surface area contributed by atoms with Crippen molar-refractivity contribution in [3.05, 3.63) is 77.1 Å². The molecular weight excluding hydrogens is 390 g/mol. The number of hydrogen-bond donors (Lipinski definition) is 1. The molecule has 3 rings (SSSR count). The maximum atomic E-state index is 13.1. The van der Waals surface area contributed by atoms with Crippen molar-refractivity contribution in [2.45, 2.75) is 27.2 Å². The van der Waals surface area contributed by atoms with Gasteiger partial charge < -0.3 is 19.5 Å². The summed E-state index contributed by atoms with van der Waals surface area (Å²) in [5.74, 6) is 0.332. The summed E-state index contributed by atoms with van der Waals surface area (Å²) >= 11 is 0. The highest BCUT2D eigenvalue weighted by molar-refractivity contribution is 6.00. The number of carbonyl (C=O) groups is 2. The van der Waals surface area contributed by atoms with Gasteiger partial charge >= 0.3 is 0 Å². The van der Waals surface area contributed by atoms with E-state index in [1.54, 1.807) is 14.2 Å². The number of amides is 2. The molecule has 0 fully saturated rings. The predicted molar refractivity (Wildman–Crippen MR) is 123 cm³/mol. The van der Waals surface area contributed by atoms with Crippen LogP contribution in [0.25, 0.3) is 5.69 Å². The van der Waals surface area contributed by atoms with Crippen LogP contribution in [0.5, 0.6) is 5.75 Å². The molecule has 2 aromatic carbocycles. The van der Waals surface area contributed by atoms with Crippen LogP contribution in [0.15, 0.2) is 54.6 Å². The molecule has 3 aromatic rings. The summed E-state index contributed by atoms with van der Waals surface area (Å²) in [5, 5.41) is 2.92. The molecule has 0 radical (unpaired) electrons. The zero-order chi connectivity index (χ0) is 22.5. The summed E-state index contributed by atoms with van der Waals surface area (Å²) in [6, 6.07) is 17.2. The van der Waals surface area contributed by atoms with Gasteiger partial charge in [0.2, 0.25) is 5.91 Å². The highest BCUT2D eigenvalue weighted by atomic mass is 16.5. The Balaban J connectivity index is 1.77. The Morgan fingerprint density at radius 1 is 1.06 bits per heavy atom. The van der Waals surface area contributed by atoms with Crippen LogP contribution in [0.3, 0.4) is 0 Å². The number of aryl methyl sites for hydroxylation is 2. The highest BCUT2D eigenvalue weighted by Gasteiger charge is 2.21. The molecule has 0 aliphatic carbocycles. The Labute approximate surface area is 183 Å². The number of methoxy groups -OCH3 is 1. The van der Waals surface area contributed by atoms with E-state index in [1.807, 2.05) is 79.9 Å². The fourth-order valence-electron chi connectivity index (χ4n) is 3.76. The van der Waals surface area contributed by atoms with Gasteiger partial charge in [-0.1, -0.05) is 31.2 Å². The van der Waals surface area contributed by atoms with E-state index >= 15 is 0 Å². The average Bonchev–Trinajstić information content (AvgIpc) is 3.07. The maximum absolute atomic E-state index is 13.1. The monoisotopic (exact) mass is 419 g/mol. The van der Waals surface area contributed by atoms with E-state index in [9.17, 15) is 9.59 Å². The Kier molecular flexibility index (Phi) is 6.80. The molecule has 0 aliphatic heterocycles. The lowest BCUT2D eigenvalue weighted by Crippen LogP contribution is -2.35. The first-order valence-electron chi connectivity index (χ1n) is 10.3. The van der Waals surface area contributed by atoms with Crippen molar-refractivity contribution < 1.29 is 14.3 Å². The number of aromatic nitrogens is 1. The van der Waals surface area contributed by atoms with Gasteiger partial charge in [0.25, 0.3) is 5.91 Å². The first-order valence-corrected chi connectivity index (χ1v) is 10.3. The van der Waals surface area contributed by atoms with E-state index in [1.165, 1.54) is 4.90 Å². The van der Waals surface area contributed by atoms with E-state index in [4.69, 9.17) is 4.74 Å². The summed E-state index contributed by atoms with van der Waals surface area (Å²) in [7, 11) is 3.27. The molecule has 6 heteroatoms. The molecule has 0 atom stereocenters. The van der Waals surface area contributed by atoms with Gasteiger partial charge in [-0.2, -0.15) is 0 Å². The van der Waals surface area contributed by atoms with Crippen LogP contribution < -0.4 is 10.1 Å². The Morgan fingerprint density at radius 3 is 2.52 bits per heavy atom. The number of rotatable bonds is 7. The summed E-state index contributed by atoms with van der Waals surface area (Å²) in [6.07, 6.45) is 0.821. The third-order valence-electron chi connectivity index (χ3n) is 5.37. The van der Waals surface area contributed by atoms with Crippen molar-refractivity contribution in [3.63, 3.8) is 0 Å². The number of ether oxygens (including phenoxy) is 1. The number of hydrogen-bond acceptors (Lipinski definition) is 3. The second kappa shape index (κ2) is 9.51. The third-order valence-corrected chi connectivity index (χ3v) is 5.37. The van der Waals surface area contributed by atoms with Crippen LogP contribution in [-0.2, 0) is 11.2 Å². The van der Waals surface area contributed by atoms with Crippen LogP contribution in [0.2, 0.25) is 0 Å². The zero-order valence-corrected chi connectivity index (χ0v) is 18.7. The zero-order valence-electron chi connectivity index (χ0n) is 18.7. The van der Waals surface area contributed by atoms with Gasteiger partial charge in [0.1, 0.15) is 5.75 Å². The first-order chi connectivity index (χ1) is 14.8. The van der Waals surface area contributed by atoms with Gasteiger partial charge in [-0.3, -0.25) is 9.59 Å². The van der Waals surface area contributed by atoms with Crippen LogP contribution >= 0.6 is 0 Å². The standard InChI is InChI=1S/C25H29N3O3/c1-6-19-10-7-8-13-23(19)26-24(29)16-27(4)25(30)22-14-17(2)28(18(22)3)20-11-9-12-21(15-20)31-5/h7-15H,6,16H2,1-5H3,(H,26,29). The van der Waals surface area contributed by atoms with Gasteiger partial charge in [-0.05, 0) is 50.1 Å². The molecular formula is C25H29N3O3. The van der Waals surface area contributed by atoms with Gasteiger partial charge in [-0.15, -0.1) is 0 Å². The molecule has 6 nitrogen and oxygen atoms in total. The van der Waals surface area contributed by atoms with Crippen molar-refractivity contribution in [1.82, 2.24) is 9.47 Å². The van der Waals surface area contributed by atoms with Crippen LogP contribution in [-0.4, -0.2) is 42.0 Å². The minimum atomic E-state index is -0.224. The quantitative estimate of drug-likeness (QED) is 0.618. The molecule has 1 heterocycles. The van der Waals surface area contributed by atoms with E-state index < -0.39 is 0 Å². The number of anilines is 1. The SMILES string of the molecule is CCc1ccccc1NC(=O)CN(C)C(=O)c1cc(C)n(-c2cccc(OC)c2)c1C. The Morgan fingerprint density at radius 2 is 1.81 bits per heavy atom. The van der Waals surface area contributed by atoms with Gasteiger partial charge in [0, 0.05) is 35.9 Å². The lowest BCUT2D eigenvalue weighted by molar-refractivity contribution is -0.116. The fraction of sp³-hybridized carbons (Fsp3) is 0.280. The molecule has 0 bridgehead atoms. The molecule has 162 valence electrons. The van der Waals surface area contributed by atoms with Gasteiger partial charge in [0.05, 0.1) is 19.2 Å². The molecule has 0 spiro atoms. The minimum absolute atomic E-state index is 0.0281. The van der Waals surface area contributed by atoms with Crippen molar-refractivity contribution >= 4 is 17.5 Å². The summed E-state index contributed by atoms with van der Waals surface area (Å²) in [6.45, 7) is 5.88. The normalized spacial score (nSPS) is 10.6. The van der Waals surface area contributed by atoms with E-state index in [0.29, 0.717) is 5.56 Å². The topological polar surface area (TPSA) is 63.6 Å². The van der Waals surface area contributed by atoms with E-state index in [0.717, 1.165) is 40.5 Å². The molecule has 31 heavy (non-hydrogen) atoms. The lowest BCUT2D eigenvalue weighted by Gasteiger charge is -2.18. The third kappa shape index (κ3) is 4.79. The van der Waals surface area contributed by atoms with Crippen LogP contribution in [0.4, 0.5) is 5.69 Å². The molecule has 2 amide bonds. The van der Waals surface area contributed by atoms with Gasteiger partial charge in [-0.25, -0.2) is 0 Å². The summed E-state index contributed by atoms with van der Waals surface area (Å²) in [4.78, 5) is 27.1. The average molecular weight is 420 g/mol. The number of para-hydroxylation sites is 1. The fourth-order valence-corrected chi connectivity index (χ4v) is 3.76. The smallest absolute Gasteiger partial charge is 0.255 e. The second-order valence-electron chi connectivity index (χ2n) is 7.54. The first kappa shape index (κ1) is 22.2.